The minimum atomic E-state index is 0.302. The molecule has 11 heteroatoms. The number of nitrogens with one attached hydrogen (secondary N) is 2. The molecule has 2 aliphatic carbocycles. The van der Waals surface area contributed by atoms with E-state index in [1.807, 2.05) is 6.20 Å². The summed E-state index contributed by atoms with van der Waals surface area (Å²) < 4.78 is 22.0. The van der Waals surface area contributed by atoms with Crippen LogP contribution in [0, 0.1) is 0 Å². The summed E-state index contributed by atoms with van der Waals surface area (Å²) in [6.45, 7) is 6.09. The highest BCUT2D eigenvalue weighted by molar-refractivity contribution is 5.88. The monoisotopic (exact) mass is 654 g/mol. The Balaban J connectivity index is 0.989. The lowest BCUT2D eigenvalue weighted by molar-refractivity contribution is 0.00790. The minimum absolute atomic E-state index is 0.302. The fourth-order valence-electron chi connectivity index (χ4n) is 8.21. The van der Waals surface area contributed by atoms with E-state index in [0.717, 1.165) is 113 Å². The van der Waals surface area contributed by atoms with E-state index in [9.17, 15) is 0 Å². The largest absolute Gasteiger partial charge is 0.381 e. The van der Waals surface area contributed by atoms with Crippen molar-refractivity contribution in [3.63, 3.8) is 0 Å². The molecule has 1 aromatic carbocycles. The molecular weight excluding hydrogens is 604 g/mol. The number of anilines is 3. The molecule has 11 nitrogen and oxygen atoms in total. The molecule has 2 saturated heterocycles. The predicted molar refractivity (Wildman–Crippen MR) is 187 cm³/mol. The Kier molecular flexibility index (Phi) is 9.88. The zero-order valence-corrected chi connectivity index (χ0v) is 28.0. The molecular formula is C37H50N8O3. The van der Waals surface area contributed by atoms with Gasteiger partial charge in [0.25, 0.3) is 0 Å². The Bertz CT molecular complexity index is 1600. The lowest BCUT2D eigenvalue weighted by atomic mass is 9.90. The third-order valence-corrected chi connectivity index (χ3v) is 11.0. The molecule has 0 atom stereocenters. The van der Waals surface area contributed by atoms with Crippen molar-refractivity contribution in [2.24, 2.45) is 0 Å². The Morgan fingerprint density at radius 2 is 1.52 bits per heavy atom. The van der Waals surface area contributed by atoms with Crippen molar-refractivity contribution in [3.8, 4) is 0 Å². The molecule has 4 aliphatic rings. The number of hydrogen-bond acceptors (Lipinski definition) is 9. The minimum Gasteiger partial charge on any atom is -0.381 e. The first-order valence-electron chi connectivity index (χ1n) is 18.3. The summed E-state index contributed by atoms with van der Waals surface area (Å²) >= 11 is 0. The molecule has 2 aliphatic heterocycles. The molecule has 48 heavy (non-hydrogen) atoms. The van der Waals surface area contributed by atoms with Crippen molar-refractivity contribution in [2.75, 3.05) is 50.2 Å². The highest BCUT2D eigenvalue weighted by Gasteiger charge is 2.29. The first-order chi connectivity index (χ1) is 23.7. The molecule has 4 fully saturated rings. The van der Waals surface area contributed by atoms with Gasteiger partial charge < -0.3 is 29.4 Å². The number of fused-ring (bicyclic) bond motifs is 1. The SMILES string of the molecule is c1ccc(CO[C@H]2CC[C@H](n3ccc4nc(Nc5cnn(C6CCOCC6)c5)nc(N[C@H]5CC[C@H](N6CCOCC6)CC5)c43)CC2)cc1. The molecule has 0 bridgehead atoms. The van der Waals surface area contributed by atoms with Gasteiger partial charge in [-0.15, -0.1) is 0 Å². The van der Waals surface area contributed by atoms with Gasteiger partial charge in [0.05, 0.1) is 49.4 Å². The van der Waals surface area contributed by atoms with Gasteiger partial charge in [0.15, 0.2) is 5.82 Å². The van der Waals surface area contributed by atoms with Gasteiger partial charge in [-0.25, -0.2) is 4.98 Å². The van der Waals surface area contributed by atoms with E-state index in [2.05, 4.69) is 78.7 Å². The number of morpholine rings is 1. The normalized spacial score (nSPS) is 26.1. The van der Waals surface area contributed by atoms with Crippen molar-refractivity contribution in [2.45, 2.75) is 101 Å². The molecule has 0 amide bonds. The Morgan fingerprint density at radius 1 is 0.771 bits per heavy atom. The summed E-state index contributed by atoms with van der Waals surface area (Å²) in [7, 11) is 0. The Hall–Kier alpha value is -3.51. The van der Waals surface area contributed by atoms with E-state index in [-0.39, 0.29) is 0 Å². The molecule has 256 valence electrons. The van der Waals surface area contributed by atoms with Gasteiger partial charge >= 0.3 is 0 Å². The summed E-state index contributed by atoms with van der Waals surface area (Å²) in [5, 5.41) is 12.1. The van der Waals surface area contributed by atoms with Crippen LogP contribution >= 0.6 is 0 Å². The summed E-state index contributed by atoms with van der Waals surface area (Å²) in [4.78, 5) is 12.8. The molecule has 5 heterocycles. The van der Waals surface area contributed by atoms with Crippen LogP contribution in [0.1, 0.15) is 81.9 Å². The number of ether oxygens (including phenoxy) is 3. The average molecular weight is 655 g/mol. The summed E-state index contributed by atoms with van der Waals surface area (Å²) in [5.41, 5.74) is 4.23. The smallest absolute Gasteiger partial charge is 0.229 e. The maximum absolute atomic E-state index is 6.33. The standard InChI is InChI=1S/C37H50N8O3/c1-2-4-27(5-3-1)26-48-33-12-10-31(11-13-33)44-17-14-34-35(44)36(39-28-6-8-30(9-7-28)43-18-22-47-23-19-43)42-37(41-34)40-29-24-38-45(25-29)32-15-20-46-21-16-32/h1-5,14,17,24-25,28,30-33H,6-13,15-16,18-23,26H2,(H2,39,40,41,42)/t28-,30-,31-,33-. The van der Waals surface area contributed by atoms with Crippen molar-refractivity contribution in [1.29, 1.82) is 0 Å². The molecule has 0 spiro atoms. The molecule has 2 N–H and O–H groups in total. The maximum atomic E-state index is 6.33. The van der Waals surface area contributed by atoms with Crippen molar-refractivity contribution in [1.82, 2.24) is 29.2 Å². The number of hydrogen-bond donors (Lipinski definition) is 2. The van der Waals surface area contributed by atoms with Gasteiger partial charge in [0.1, 0.15) is 5.52 Å². The van der Waals surface area contributed by atoms with Crippen LogP contribution in [0.4, 0.5) is 17.5 Å². The summed E-state index contributed by atoms with van der Waals surface area (Å²) in [5.74, 6) is 1.54. The Labute approximate surface area is 283 Å². The van der Waals surface area contributed by atoms with Crippen molar-refractivity contribution < 1.29 is 14.2 Å². The molecule has 2 saturated carbocycles. The number of rotatable bonds is 10. The first kappa shape index (κ1) is 31.7. The summed E-state index contributed by atoms with van der Waals surface area (Å²) in [6, 6.07) is 14.5. The highest BCUT2D eigenvalue weighted by Crippen LogP contribution is 2.37. The van der Waals surface area contributed by atoms with Gasteiger partial charge in [-0.1, -0.05) is 30.3 Å². The quantitative estimate of drug-likeness (QED) is 0.199. The van der Waals surface area contributed by atoms with E-state index < -0.39 is 0 Å². The zero-order valence-electron chi connectivity index (χ0n) is 28.0. The van der Waals surface area contributed by atoms with E-state index in [0.29, 0.717) is 42.8 Å². The second-order valence-electron chi connectivity index (χ2n) is 14.1. The highest BCUT2D eigenvalue weighted by atomic mass is 16.5. The van der Waals surface area contributed by atoms with E-state index in [1.165, 1.54) is 18.4 Å². The third-order valence-electron chi connectivity index (χ3n) is 11.0. The molecule has 4 aromatic rings. The lowest BCUT2D eigenvalue weighted by Crippen LogP contribution is -2.46. The van der Waals surface area contributed by atoms with Gasteiger partial charge in [0, 0.05) is 56.8 Å². The number of benzene rings is 1. The topological polar surface area (TPSA) is 104 Å². The van der Waals surface area contributed by atoms with Crippen LogP contribution in [-0.2, 0) is 20.8 Å². The van der Waals surface area contributed by atoms with E-state index >= 15 is 0 Å². The van der Waals surface area contributed by atoms with Gasteiger partial charge in [0.2, 0.25) is 5.95 Å². The fourth-order valence-corrected chi connectivity index (χ4v) is 8.21. The van der Waals surface area contributed by atoms with Gasteiger partial charge in [-0.2, -0.15) is 10.1 Å². The lowest BCUT2D eigenvalue weighted by Gasteiger charge is -2.39. The fraction of sp³-hybridized carbons (Fsp3) is 0.595. The van der Waals surface area contributed by atoms with Crippen LogP contribution < -0.4 is 10.6 Å². The van der Waals surface area contributed by atoms with Crippen LogP contribution in [0.3, 0.4) is 0 Å². The van der Waals surface area contributed by atoms with Crippen LogP contribution in [0.2, 0.25) is 0 Å². The molecule has 0 radical (unpaired) electrons. The number of aromatic nitrogens is 5. The average Bonchev–Trinajstić information content (AvgIpc) is 3.80. The maximum Gasteiger partial charge on any atom is 0.229 e. The molecule has 8 rings (SSSR count). The van der Waals surface area contributed by atoms with E-state index in [1.54, 1.807) is 0 Å². The van der Waals surface area contributed by atoms with Crippen molar-refractivity contribution in [3.05, 3.63) is 60.6 Å². The summed E-state index contributed by atoms with van der Waals surface area (Å²) in [6.07, 6.45) is 17.4. The predicted octanol–water partition coefficient (Wildman–Crippen LogP) is 6.48. The first-order valence-corrected chi connectivity index (χ1v) is 18.3. The molecule has 3 aromatic heterocycles. The van der Waals surface area contributed by atoms with Crippen molar-refractivity contribution >= 4 is 28.5 Å². The van der Waals surface area contributed by atoms with Gasteiger partial charge in [-0.05, 0) is 75.8 Å². The Morgan fingerprint density at radius 3 is 2.31 bits per heavy atom. The second-order valence-corrected chi connectivity index (χ2v) is 14.1. The zero-order chi connectivity index (χ0) is 32.1. The molecule has 0 unspecified atom stereocenters. The van der Waals surface area contributed by atoms with Crippen LogP contribution in [0.15, 0.2) is 55.0 Å². The van der Waals surface area contributed by atoms with Gasteiger partial charge in [-0.3, -0.25) is 9.58 Å². The third kappa shape index (κ3) is 7.39. The van der Waals surface area contributed by atoms with Crippen LogP contribution in [-0.4, -0.2) is 86.9 Å². The van der Waals surface area contributed by atoms with Crippen LogP contribution in [0.5, 0.6) is 0 Å². The van der Waals surface area contributed by atoms with Crippen LogP contribution in [0.25, 0.3) is 11.0 Å². The number of nitrogens with zero attached hydrogens (tertiary/aromatic N) is 6. The second kappa shape index (κ2) is 14.9. The van der Waals surface area contributed by atoms with E-state index in [4.69, 9.17) is 24.2 Å².